The van der Waals surface area contributed by atoms with Gasteiger partial charge in [0.1, 0.15) is 0 Å². The van der Waals surface area contributed by atoms with Gasteiger partial charge in [0.05, 0.1) is 12.9 Å². The van der Waals surface area contributed by atoms with Gasteiger partial charge in [0, 0.05) is 23.7 Å². The van der Waals surface area contributed by atoms with Crippen LogP contribution in [0, 0.1) is 0 Å². The molecule has 0 aliphatic heterocycles. The SMILES string of the molecule is CCOC(=O)c1nnc(SCc2cncn2C2CC2)o1. The number of aromatic nitrogens is 4. The van der Waals surface area contributed by atoms with Crippen molar-refractivity contribution in [2.75, 3.05) is 6.61 Å². The van der Waals surface area contributed by atoms with E-state index in [0.29, 0.717) is 17.0 Å². The summed E-state index contributed by atoms with van der Waals surface area (Å²) in [7, 11) is 0. The summed E-state index contributed by atoms with van der Waals surface area (Å²) in [6.07, 6.45) is 6.11. The van der Waals surface area contributed by atoms with Crippen LogP contribution < -0.4 is 0 Å². The van der Waals surface area contributed by atoms with Crippen LogP contribution in [0.25, 0.3) is 0 Å². The van der Waals surface area contributed by atoms with Crippen LogP contribution in [0.4, 0.5) is 0 Å². The van der Waals surface area contributed by atoms with Gasteiger partial charge >= 0.3 is 11.9 Å². The van der Waals surface area contributed by atoms with Crippen LogP contribution in [0.1, 0.15) is 42.2 Å². The highest BCUT2D eigenvalue weighted by Gasteiger charge is 2.25. The van der Waals surface area contributed by atoms with Gasteiger partial charge in [-0.05, 0) is 19.8 Å². The third-order valence-electron chi connectivity index (χ3n) is 2.89. The summed E-state index contributed by atoms with van der Waals surface area (Å²) in [4.78, 5) is 15.6. The molecular formula is C12H14N4O3S. The van der Waals surface area contributed by atoms with Crippen LogP contribution in [0.15, 0.2) is 22.2 Å². The predicted molar refractivity (Wildman–Crippen MR) is 70.3 cm³/mol. The van der Waals surface area contributed by atoms with Crippen molar-refractivity contribution in [2.45, 2.75) is 36.8 Å². The Morgan fingerprint density at radius 3 is 3.15 bits per heavy atom. The minimum Gasteiger partial charge on any atom is -0.459 e. The van der Waals surface area contributed by atoms with Crippen molar-refractivity contribution in [1.29, 1.82) is 0 Å². The summed E-state index contributed by atoms with van der Waals surface area (Å²) in [5, 5.41) is 7.85. The van der Waals surface area contributed by atoms with E-state index in [4.69, 9.17) is 9.15 Å². The summed E-state index contributed by atoms with van der Waals surface area (Å²) in [6.45, 7) is 2.01. The van der Waals surface area contributed by atoms with Crippen molar-refractivity contribution in [3.8, 4) is 0 Å². The average Bonchev–Trinajstić information content (AvgIpc) is 3.01. The minimum atomic E-state index is -0.588. The third kappa shape index (κ3) is 2.84. The molecular weight excluding hydrogens is 280 g/mol. The summed E-state index contributed by atoms with van der Waals surface area (Å²) in [6, 6.07) is 0.589. The maximum Gasteiger partial charge on any atom is 0.396 e. The Balaban J connectivity index is 1.60. The van der Waals surface area contributed by atoms with Crippen LogP contribution in [-0.2, 0) is 10.5 Å². The molecule has 0 aromatic carbocycles. The fourth-order valence-electron chi connectivity index (χ4n) is 1.80. The number of rotatable bonds is 6. The number of imidazole rings is 1. The molecule has 1 saturated carbocycles. The molecule has 1 fully saturated rings. The zero-order chi connectivity index (χ0) is 13.9. The van der Waals surface area contributed by atoms with E-state index < -0.39 is 5.97 Å². The molecule has 0 N–H and O–H groups in total. The molecule has 106 valence electrons. The van der Waals surface area contributed by atoms with Crippen molar-refractivity contribution in [1.82, 2.24) is 19.7 Å². The number of thioether (sulfide) groups is 1. The van der Waals surface area contributed by atoms with Gasteiger partial charge in [-0.3, -0.25) is 0 Å². The first-order valence-electron chi connectivity index (χ1n) is 6.42. The number of ether oxygens (including phenoxy) is 1. The Morgan fingerprint density at radius 1 is 1.55 bits per heavy atom. The Morgan fingerprint density at radius 2 is 2.40 bits per heavy atom. The first kappa shape index (κ1) is 13.2. The Kier molecular flexibility index (Phi) is 3.72. The highest BCUT2D eigenvalue weighted by Crippen LogP contribution is 2.36. The molecule has 0 radical (unpaired) electrons. The standard InChI is InChI=1S/C12H14N4O3S/c1-2-18-11(17)10-14-15-12(19-10)20-6-9-5-13-7-16(9)8-3-4-8/h5,7-8H,2-4,6H2,1H3. The first-order chi connectivity index (χ1) is 9.78. The largest absolute Gasteiger partial charge is 0.459 e. The van der Waals surface area contributed by atoms with E-state index in [-0.39, 0.29) is 12.5 Å². The van der Waals surface area contributed by atoms with Crippen molar-refractivity contribution in [3.63, 3.8) is 0 Å². The van der Waals surface area contributed by atoms with E-state index in [9.17, 15) is 4.79 Å². The van der Waals surface area contributed by atoms with Gasteiger partial charge in [0.25, 0.3) is 5.22 Å². The molecule has 1 aliphatic rings. The molecule has 0 atom stereocenters. The van der Waals surface area contributed by atoms with Crippen molar-refractivity contribution in [3.05, 3.63) is 24.1 Å². The van der Waals surface area contributed by atoms with Crippen molar-refractivity contribution >= 4 is 17.7 Å². The number of carbonyl (C=O) groups excluding carboxylic acids is 1. The van der Waals surface area contributed by atoms with Crippen LogP contribution in [0.3, 0.4) is 0 Å². The molecule has 2 aromatic rings. The van der Waals surface area contributed by atoms with E-state index in [1.54, 1.807) is 6.92 Å². The van der Waals surface area contributed by atoms with Gasteiger partial charge in [0.15, 0.2) is 0 Å². The molecule has 0 saturated heterocycles. The highest BCUT2D eigenvalue weighted by molar-refractivity contribution is 7.98. The maximum atomic E-state index is 11.4. The fraction of sp³-hybridized carbons (Fsp3) is 0.500. The lowest BCUT2D eigenvalue weighted by atomic mass is 10.5. The minimum absolute atomic E-state index is 0.106. The lowest BCUT2D eigenvalue weighted by molar-refractivity contribution is 0.0475. The number of carbonyl (C=O) groups is 1. The normalized spacial score (nSPS) is 14.4. The molecule has 1 aliphatic carbocycles. The zero-order valence-corrected chi connectivity index (χ0v) is 11.8. The van der Waals surface area contributed by atoms with Crippen molar-refractivity contribution < 1.29 is 13.9 Å². The Bertz CT molecular complexity index is 605. The molecule has 7 nitrogen and oxygen atoms in total. The fourth-order valence-corrected chi connectivity index (χ4v) is 2.54. The predicted octanol–water partition coefficient (Wildman–Crippen LogP) is 2.07. The molecule has 0 amide bonds. The molecule has 0 spiro atoms. The molecule has 3 rings (SSSR count). The lowest BCUT2D eigenvalue weighted by Crippen LogP contribution is -2.04. The van der Waals surface area contributed by atoms with E-state index in [2.05, 4.69) is 19.7 Å². The van der Waals surface area contributed by atoms with E-state index >= 15 is 0 Å². The van der Waals surface area contributed by atoms with Gasteiger partial charge in [-0.2, -0.15) is 0 Å². The maximum absolute atomic E-state index is 11.4. The Labute approximate surface area is 119 Å². The second kappa shape index (κ2) is 5.66. The number of nitrogens with zero attached hydrogens (tertiary/aromatic N) is 4. The second-order valence-electron chi connectivity index (χ2n) is 4.41. The Hall–Kier alpha value is -1.83. The second-order valence-corrected chi connectivity index (χ2v) is 5.33. The van der Waals surface area contributed by atoms with E-state index in [1.165, 1.54) is 24.6 Å². The first-order valence-corrected chi connectivity index (χ1v) is 7.40. The molecule has 0 bridgehead atoms. The smallest absolute Gasteiger partial charge is 0.396 e. The van der Waals surface area contributed by atoms with E-state index in [1.807, 2.05) is 12.5 Å². The van der Waals surface area contributed by atoms with Crippen LogP contribution in [0.2, 0.25) is 0 Å². The monoisotopic (exact) mass is 294 g/mol. The van der Waals surface area contributed by atoms with Crippen LogP contribution in [-0.4, -0.2) is 32.3 Å². The third-order valence-corrected chi connectivity index (χ3v) is 3.74. The lowest BCUT2D eigenvalue weighted by Gasteiger charge is -2.03. The summed E-state index contributed by atoms with van der Waals surface area (Å²) in [5.74, 6) is -0.0130. The molecule has 2 heterocycles. The number of hydrogen-bond acceptors (Lipinski definition) is 7. The quantitative estimate of drug-likeness (QED) is 0.595. The number of esters is 1. The van der Waals surface area contributed by atoms with Crippen LogP contribution in [0.5, 0.6) is 0 Å². The topological polar surface area (TPSA) is 83.0 Å². The van der Waals surface area contributed by atoms with Gasteiger partial charge in [-0.1, -0.05) is 16.9 Å². The van der Waals surface area contributed by atoms with Gasteiger partial charge in [0.2, 0.25) is 0 Å². The molecule has 8 heteroatoms. The van der Waals surface area contributed by atoms with Crippen LogP contribution >= 0.6 is 11.8 Å². The highest BCUT2D eigenvalue weighted by atomic mass is 32.2. The zero-order valence-electron chi connectivity index (χ0n) is 11.0. The van der Waals surface area contributed by atoms with Gasteiger partial charge < -0.3 is 13.7 Å². The number of hydrogen-bond donors (Lipinski definition) is 0. The summed E-state index contributed by atoms with van der Waals surface area (Å²) >= 11 is 1.38. The van der Waals surface area contributed by atoms with Gasteiger partial charge in [-0.25, -0.2) is 9.78 Å². The summed E-state index contributed by atoms with van der Waals surface area (Å²) < 4.78 is 12.2. The summed E-state index contributed by atoms with van der Waals surface area (Å²) in [5.41, 5.74) is 1.12. The molecule has 0 unspecified atom stereocenters. The van der Waals surface area contributed by atoms with Crippen molar-refractivity contribution in [2.24, 2.45) is 0 Å². The van der Waals surface area contributed by atoms with E-state index in [0.717, 1.165) is 5.69 Å². The van der Waals surface area contributed by atoms with Gasteiger partial charge in [-0.15, -0.1) is 5.10 Å². The average molecular weight is 294 g/mol. The molecule has 20 heavy (non-hydrogen) atoms. The molecule has 2 aromatic heterocycles.